The molecule has 0 radical (unpaired) electrons. The van der Waals surface area contributed by atoms with Gasteiger partial charge in [0, 0.05) is 36.8 Å². The molecule has 142 valence electrons. The van der Waals surface area contributed by atoms with Gasteiger partial charge >= 0.3 is 0 Å². The smallest absolute Gasteiger partial charge is 0.276 e. The summed E-state index contributed by atoms with van der Waals surface area (Å²) in [5.41, 5.74) is 2.57. The molecule has 6 nitrogen and oxygen atoms in total. The quantitative estimate of drug-likeness (QED) is 0.741. The van der Waals surface area contributed by atoms with Gasteiger partial charge < -0.3 is 14.6 Å². The third kappa shape index (κ3) is 3.67. The third-order valence-corrected chi connectivity index (χ3v) is 4.71. The van der Waals surface area contributed by atoms with Crippen LogP contribution in [0.25, 0.3) is 22.8 Å². The molecule has 1 aliphatic heterocycles. The van der Waals surface area contributed by atoms with Crippen LogP contribution < -0.4 is 5.32 Å². The van der Waals surface area contributed by atoms with Crippen LogP contribution in [0, 0.1) is 0 Å². The minimum absolute atomic E-state index is 0.107. The molecule has 1 fully saturated rings. The van der Waals surface area contributed by atoms with Crippen LogP contribution in [0.5, 0.6) is 0 Å². The van der Waals surface area contributed by atoms with Crippen molar-refractivity contribution < 1.29 is 14.0 Å². The van der Waals surface area contributed by atoms with Crippen LogP contribution in [-0.2, 0) is 4.79 Å². The van der Waals surface area contributed by atoms with E-state index in [1.54, 1.807) is 12.1 Å². The lowest BCUT2D eigenvalue weighted by Gasteiger charge is -2.13. The Hall–Kier alpha value is -3.41. The summed E-state index contributed by atoms with van der Waals surface area (Å²) in [5.74, 6) is 0.627. The van der Waals surface area contributed by atoms with E-state index in [0.717, 1.165) is 37.1 Å². The van der Waals surface area contributed by atoms with E-state index < -0.39 is 0 Å². The molecular weight excluding hydrogens is 354 g/mol. The molecule has 1 aliphatic rings. The third-order valence-electron chi connectivity index (χ3n) is 4.71. The number of benzene rings is 2. The lowest BCUT2D eigenvalue weighted by atomic mass is 10.1. The van der Waals surface area contributed by atoms with Crippen molar-refractivity contribution in [2.24, 2.45) is 0 Å². The lowest BCUT2D eigenvalue weighted by Crippen LogP contribution is -2.28. The lowest BCUT2D eigenvalue weighted by molar-refractivity contribution is -0.114. The molecular formula is C22H21N3O3. The number of nitrogens with zero attached hydrogens (tertiary/aromatic N) is 2. The molecule has 4 rings (SSSR count). The molecule has 0 atom stereocenters. The number of oxazole rings is 1. The summed E-state index contributed by atoms with van der Waals surface area (Å²) in [6.07, 6.45) is 2.02. The van der Waals surface area contributed by atoms with E-state index >= 15 is 0 Å². The first-order chi connectivity index (χ1) is 13.6. The van der Waals surface area contributed by atoms with E-state index in [0.29, 0.717) is 23.0 Å². The zero-order valence-corrected chi connectivity index (χ0v) is 15.6. The van der Waals surface area contributed by atoms with Crippen molar-refractivity contribution in [3.8, 4) is 22.8 Å². The van der Waals surface area contributed by atoms with Gasteiger partial charge in [-0.2, -0.15) is 0 Å². The number of rotatable bonds is 4. The van der Waals surface area contributed by atoms with Gasteiger partial charge in [-0.3, -0.25) is 9.59 Å². The fraction of sp³-hybridized carbons (Fsp3) is 0.227. The Kier molecular flexibility index (Phi) is 4.93. The van der Waals surface area contributed by atoms with E-state index in [9.17, 15) is 9.59 Å². The van der Waals surface area contributed by atoms with Gasteiger partial charge in [-0.15, -0.1) is 0 Å². The van der Waals surface area contributed by atoms with Gasteiger partial charge in [0.1, 0.15) is 0 Å². The van der Waals surface area contributed by atoms with Crippen molar-refractivity contribution in [3.05, 3.63) is 60.3 Å². The van der Waals surface area contributed by atoms with Crippen LogP contribution >= 0.6 is 0 Å². The number of hydrogen-bond acceptors (Lipinski definition) is 4. The number of likely N-dealkylation sites (tertiary alicyclic amines) is 1. The van der Waals surface area contributed by atoms with Crippen molar-refractivity contribution in [3.63, 3.8) is 0 Å². The predicted octanol–water partition coefficient (Wildman–Crippen LogP) is 4.20. The van der Waals surface area contributed by atoms with Crippen molar-refractivity contribution in [2.75, 3.05) is 18.4 Å². The Morgan fingerprint density at radius 1 is 0.964 bits per heavy atom. The molecule has 0 bridgehead atoms. The Labute approximate surface area is 163 Å². The number of nitrogens with one attached hydrogen (secondary N) is 1. The first-order valence-electron chi connectivity index (χ1n) is 9.35. The van der Waals surface area contributed by atoms with Gasteiger partial charge in [-0.05, 0) is 49.2 Å². The van der Waals surface area contributed by atoms with Gasteiger partial charge in [0.15, 0.2) is 11.5 Å². The second-order valence-corrected chi connectivity index (χ2v) is 6.82. The molecule has 1 saturated heterocycles. The summed E-state index contributed by atoms with van der Waals surface area (Å²) >= 11 is 0. The van der Waals surface area contributed by atoms with Gasteiger partial charge in [-0.25, -0.2) is 4.98 Å². The predicted molar refractivity (Wildman–Crippen MR) is 107 cm³/mol. The second-order valence-electron chi connectivity index (χ2n) is 6.82. The van der Waals surface area contributed by atoms with E-state index in [4.69, 9.17) is 4.42 Å². The normalized spacial score (nSPS) is 13.5. The average Bonchev–Trinajstić information content (AvgIpc) is 3.39. The van der Waals surface area contributed by atoms with E-state index in [1.807, 2.05) is 47.4 Å². The fourth-order valence-corrected chi connectivity index (χ4v) is 3.34. The van der Waals surface area contributed by atoms with Crippen LogP contribution in [0.2, 0.25) is 0 Å². The Bertz CT molecular complexity index is 988. The van der Waals surface area contributed by atoms with Gasteiger partial charge in [0.05, 0.1) is 0 Å². The minimum Gasteiger partial charge on any atom is -0.435 e. The molecule has 6 heteroatoms. The number of aromatic nitrogens is 1. The Morgan fingerprint density at radius 2 is 1.64 bits per heavy atom. The highest BCUT2D eigenvalue weighted by atomic mass is 16.4. The van der Waals surface area contributed by atoms with Crippen LogP contribution in [0.1, 0.15) is 30.3 Å². The SMILES string of the molecule is CC(=O)Nc1ccc(-c2oc(-c3ccccc3)nc2C(=O)N2CCCC2)cc1. The minimum atomic E-state index is -0.135. The fourth-order valence-electron chi connectivity index (χ4n) is 3.34. The molecule has 0 saturated carbocycles. The van der Waals surface area contributed by atoms with Crippen molar-refractivity contribution in [1.29, 1.82) is 0 Å². The zero-order valence-electron chi connectivity index (χ0n) is 15.6. The Morgan fingerprint density at radius 3 is 2.29 bits per heavy atom. The van der Waals surface area contributed by atoms with E-state index in [1.165, 1.54) is 6.92 Å². The maximum absolute atomic E-state index is 13.0. The largest absolute Gasteiger partial charge is 0.435 e. The second kappa shape index (κ2) is 7.68. The standard InChI is InChI=1S/C22H21N3O3/c1-15(26)23-18-11-9-16(10-12-18)20-19(22(27)25-13-5-6-14-25)24-21(28-20)17-7-3-2-4-8-17/h2-4,7-12H,5-6,13-14H2,1H3,(H,23,26). The molecule has 2 aromatic carbocycles. The van der Waals surface area contributed by atoms with Gasteiger partial charge in [0.2, 0.25) is 11.8 Å². The van der Waals surface area contributed by atoms with E-state index in [2.05, 4.69) is 10.3 Å². The molecule has 0 unspecified atom stereocenters. The highest BCUT2D eigenvalue weighted by Gasteiger charge is 2.28. The van der Waals surface area contributed by atoms with Crippen LogP contribution in [0.3, 0.4) is 0 Å². The van der Waals surface area contributed by atoms with Gasteiger partial charge in [-0.1, -0.05) is 18.2 Å². The maximum atomic E-state index is 13.0. The molecule has 0 spiro atoms. The van der Waals surface area contributed by atoms with E-state index in [-0.39, 0.29) is 11.8 Å². The van der Waals surface area contributed by atoms with Crippen LogP contribution in [0.15, 0.2) is 59.0 Å². The van der Waals surface area contributed by atoms with Crippen molar-refractivity contribution in [2.45, 2.75) is 19.8 Å². The maximum Gasteiger partial charge on any atom is 0.276 e. The topological polar surface area (TPSA) is 75.4 Å². The van der Waals surface area contributed by atoms with Crippen LogP contribution in [0.4, 0.5) is 5.69 Å². The highest BCUT2D eigenvalue weighted by Crippen LogP contribution is 2.32. The van der Waals surface area contributed by atoms with Gasteiger partial charge in [0.25, 0.3) is 5.91 Å². The first-order valence-corrected chi connectivity index (χ1v) is 9.35. The Balaban J connectivity index is 1.74. The highest BCUT2D eigenvalue weighted by molar-refractivity contribution is 5.98. The molecule has 3 aromatic rings. The van der Waals surface area contributed by atoms with Crippen molar-refractivity contribution in [1.82, 2.24) is 9.88 Å². The summed E-state index contributed by atoms with van der Waals surface area (Å²) < 4.78 is 6.04. The first kappa shape index (κ1) is 18.0. The number of carbonyl (C=O) groups is 2. The van der Waals surface area contributed by atoms with Crippen molar-refractivity contribution >= 4 is 17.5 Å². The number of carbonyl (C=O) groups excluding carboxylic acids is 2. The monoisotopic (exact) mass is 375 g/mol. The summed E-state index contributed by atoms with van der Waals surface area (Å²) in [5, 5.41) is 2.74. The molecule has 28 heavy (non-hydrogen) atoms. The molecule has 0 aliphatic carbocycles. The summed E-state index contributed by atoms with van der Waals surface area (Å²) in [7, 11) is 0. The number of hydrogen-bond donors (Lipinski definition) is 1. The number of anilines is 1. The number of amides is 2. The molecule has 2 heterocycles. The van der Waals surface area contributed by atoms with Crippen LogP contribution in [-0.4, -0.2) is 34.8 Å². The molecule has 2 amide bonds. The summed E-state index contributed by atoms with van der Waals surface area (Å²) in [6, 6.07) is 16.7. The molecule has 1 N–H and O–H groups in total. The summed E-state index contributed by atoms with van der Waals surface area (Å²) in [6.45, 7) is 2.95. The zero-order chi connectivity index (χ0) is 19.5. The average molecular weight is 375 g/mol. The molecule has 1 aromatic heterocycles. The summed E-state index contributed by atoms with van der Waals surface area (Å²) in [4.78, 5) is 30.6.